The average molecular weight is 388 g/mol. The molecule has 2 N–H and O–H groups in total. The summed E-state index contributed by atoms with van der Waals surface area (Å²) in [7, 11) is 1.70. The highest BCUT2D eigenvalue weighted by molar-refractivity contribution is 6.02. The van der Waals surface area contributed by atoms with Crippen LogP contribution in [0, 0.1) is 5.92 Å². The summed E-state index contributed by atoms with van der Waals surface area (Å²) in [4.78, 5) is 35.9. The van der Waals surface area contributed by atoms with Gasteiger partial charge in [0.05, 0.1) is 0 Å². The molecule has 1 aliphatic heterocycles. The first-order chi connectivity index (χ1) is 14.1. The van der Waals surface area contributed by atoms with Crippen molar-refractivity contribution >= 4 is 17.6 Å². The third kappa shape index (κ3) is 3.16. The Morgan fingerprint density at radius 3 is 2.90 bits per heavy atom. The first-order valence-electron chi connectivity index (χ1n) is 9.60. The van der Waals surface area contributed by atoms with Gasteiger partial charge in [-0.1, -0.05) is 36.4 Å². The van der Waals surface area contributed by atoms with Crippen molar-refractivity contribution in [2.45, 2.75) is 24.8 Å². The minimum Gasteiger partial charge on any atom is -0.337 e. The van der Waals surface area contributed by atoms with Gasteiger partial charge in [0, 0.05) is 19.7 Å². The third-order valence-corrected chi connectivity index (χ3v) is 5.63. The zero-order valence-electron chi connectivity index (χ0n) is 15.9. The Hall–Kier alpha value is -3.55. The van der Waals surface area contributed by atoms with Crippen LogP contribution in [0.5, 0.6) is 0 Å². The van der Waals surface area contributed by atoms with Crippen molar-refractivity contribution in [3.05, 3.63) is 71.4 Å². The highest BCUT2D eigenvalue weighted by Gasteiger charge is 2.52. The second kappa shape index (κ2) is 6.80. The summed E-state index contributed by atoms with van der Waals surface area (Å²) < 4.78 is 0. The van der Waals surface area contributed by atoms with E-state index in [0.29, 0.717) is 18.1 Å². The number of carbonyl (C=O) groups is 2. The molecule has 3 heterocycles. The van der Waals surface area contributed by atoms with Crippen LogP contribution in [0.15, 0.2) is 48.7 Å². The second-order valence-corrected chi connectivity index (χ2v) is 7.54. The van der Waals surface area contributed by atoms with Crippen molar-refractivity contribution in [1.82, 2.24) is 25.5 Å². The van der Waals surface area contributed by atoms with Crippen molar-refractivity contribution in [2.75, 3.05) is 11.9 Å². The molecule has 1 aromatic carbocycles. The molecule has 1 saturated carbocycles. The Kier molecular flexibility index (Phi) is 4.12. The Morgan fingerprint density at radius 2 is 2.07 bits per heavy atom. The summed E-state index contributed by atoms with van der Waals surface area (Å²) in [6.07, 6.45) is 3.09. The predicted molar refractivity (Wildman–Crippen MR) is 105 cm³/mol. The number of carbonyl (C=O) groups excluding carboxylic acids is 2. The highest BCUT2D eigenvalue weighted by Crippen LogP contribution is 2.53. The SMILES string of the molecule is CN1C(=O)C(NC(=O)c2n[nH]c(Cc3ccccc3)n2)[C@H]2CC2c2cccnc21. The maximum absolute atomic E-state index is 13.0. The van der Waals surface area contributed by atoms with Crippen LogP contribution in [-0.4, -0.2) is 45.1 Å². The molecule has 1 fully saturated rings. The number of likely N-dealkylation sites (N-methyl/N-ethyl adjacent to an activating group) is 1. The number of hydrogen-bond acceptors (Lipinski definition) is 5. The van der Waals surface area contributed by atoms with Crippen LogP contribution in [0.1, 0.15) is 39.9 Å². The fourth-order valence-corrected chi connectivity index (χ4v) is 4.06. The fraction of sp³-hybridized carbons (Fsp3) is 0.286. The molecule has 3 atom stereocenters. The first kappa shape index (κ1) is 17.5. The van der Waals surface area contributed by atoms with Gasteiger partial charge in [0.1, 0.15) is 17.7 Å². The number of hydrogen-bond donors (Lipinski definition) is 2. The van der Waals surface area contributed by atoms with Crippen LogP contribution in [0.3, 0.4) is 0 Å². The number of benzene rings is 1. The summed E-state index contributed by atoms with van der Waals surface area (Å²) in [6, 6.07) is 13.1. The fourth-order valence-electron chi connectivity index (χ4n) is 4.06. The molecular formula is C21H20N6O2. The molecule has 0 saturated heterocycles. The van der Waals surface area contributed by atoms with Crippen molar-refractivity contribution in [3.63, 3.8) is 0 Å². The number of fused-ring (bicyclic) bond motifs is 3. The maximum atomic E-state index is 13.0. The number of pyridine rings is 1. The molecular weight excluding hydrogens is 368 g/mol. The molecule has 2 aromatic heterocycles. The molecule has 2 amide bonds. The quantitative estimate of drug-likeness (QED) is 0.708. The molecule has 1 aliphatic carbocycles. The predicted octanol–water partition coefficient (Wildman–Crippen LogP) is 1.67. The second-order valence-electron chi connectivity index (χ2n) is 7.54. The van der Waals surface area contributed by atoms with Gasteiger partial charge in [-0.05, 0) is 35.4 Å². The lowest BCUT2D eigenvalue weighted by Gasteiger charge is -2.22. The molecule has 146 valence electrons. The molecule has 8 nitrogen and oxygen atoms in total. The molecule has 0 spiro atoms. The van der Waals surface area contributed by atoms with Gasteiger partial charge in [0.2, 0.25) is 5.82 Å². The topological polar surface area (TPSA) is 104 Å². The number of H-pyrrole nitrogens is 1. The normalized spacial score (nSPS) is 22.4. The standard InChI is InChI=1S/C21H20N6O2/c1-27-19-13(8-5-9-22-19)14-11-15(14)17(21(27)29)24-20(28)18-23-16(25-26-18)10-12-6-3-2-4-7-12/h2-9,14-15,17H,10-11H2,1H3,(H,24,28)(H,23,25,26)/t14?,15-,17?/m0/s1. The van der Waals surface area contributed by atoms with Gasteiger partial charge in [0.25, 0.3) is 11.8 Å². The largest absolute Gasteiger partial charge is 0.337 e. The number of amides is 2. The number of aromatic nitrogens is 4. The van der Waals surface area contributed by atoms with Crippen LogP contribution in [0.4, 0.5) is 5.82 Å². The van der Waals surface area contributed by atoms with Crippen molar-refractivity contribution in [3.8, 4) is 0 Å². The van der Waals surface area contributed by atoms with E-state index in [1.54, 1.807) is 13.2 Å². The number of anilines is 1. The van der Waals surface area contributed by atoms with E-state index in [2.05, 4.69) is 25.5 Å². The molecule has 2 unspecified atom stereocenters. The summed E-state index contributed by atoms with van der Waals surface area (Å²) in [6.45, 7) is 0. The van der Waals surface area contributed by atoms with Crippen molar-refractivity contribution in [2.24, 2.45) is 5.92 Å². The Morgan fingerprint density at radius 1 is 1.24 bits per heavy atom. The first-order valence-corrected chi connectivity index (χ1v) is 9.60. The van der Waals surface area contributed by atoms with E-state index in [-0.39, 0.29) is 23.6 Å². The molecule has 0 radical (unpaired) electrons. The lowest BCUT2D eigenvalue weighted by Crippen LogP contribution is -2.48. The molecule has 2 aliphatic rings. The third-order valence-electron chi connectivity index (χ3n) is 5.63. The zero-order valence-corrected chi connectivity index (χ0v) is 15.9. The van der Waals surface area contributed by atoms with E-state index < -0.39 is 11.9 Å². The highest BCUT2D eigenvalue weighted by atomic mass is 16.2. The lowest BCUT2D eigenvalue weighted by atomic mass is 10.1. The van der Waals surface area contributed by atoms with Gasteiger partial charge < -0.3 is 5.32 Å². The summed E-state index contributed by atoms with van der Waals surface area (Å²) in [5, 5.41) is 9.71. The number of nitrogens with zero attached hydrogens (tertiary/aromatic N) is 4. The minimum absolute atomic E-state index is 0.0449. The lowest BCUT2D eigenvalue weighted by molar-refractivity contribution is -0.120. The van der Waals surface area contributed by atoms with Gasteiger partial charge in [0.15, 0.2) is 0 Å². The van der Waals surface area contributed by atoms with E-state index in [4.69, 9.17) is 0 Å². The summed E-state index contributed by atoms with van der Waals surface area (Å²) in [5.41, 5.74) is 2.13. The van der Waals surface area contributed by atoms with Crippen LogP contribution in [-0.2, 0) is 11.2 Å². The minimum atomic E-state index is -0.609. The monoisotopic (exact) mass is 388 g/mol. The van der Waals surface area contributed by atoms with Crippen molar-refractivity contribution < 1.29 is 9.59 Å². The summed E-state index contributed by atoms with van der Waals surface area (Å²) in [5.74, 6) is 1.01. The molecule has 3 aromatic rings. The zero-order chi connectivity index (χ0) is 20.0. The number of rotatable bonds is 4. The average Bonchev–Trinajstić information content (AvgIpc) is 3.41. The van der Waals surface area contributed by atoms with Gasteiger partial charge in [-0.25, -0.2) is 9.97 Å². The summed E-state index contributed by atoms with van der Waals surface area (Å²) >= 11 is 0. The van der Waals surface area contributed by atoms with Gasteiger partial charge in [-0.3, -0.25) is 19.6 Å². The molecule has 5 rings (SSSR count). The van der Waals surface area contributed by atoms with Gasteiger partial charge >= 0.3 is 0 Å². The number of nitrogens with one attached hydrogen (secondary N) is 2. The van der Waals surface area contributed by atoms with E-state index in [1.165, 1.54) is 4.90 Å². The van der Waals surface area contributed by atoms with Gasteiger partial charge in [-0.2, -0.15) is 0 Å². The number of aromatic amines is 1. The van der Waals surface area contributed by atoms with Gasteiger partial charge in [-0.15, -0.1) is 5.10 Å². The Balaban J connectivity index is 1.32. The van der Waals surface area contributed by atoms with Crippen LogP contribution >= 0.6 is 0 Å². The van der Waals surface area contributed by atoms with Crippen LogP contribution in [0.2, 0.25) is 0 Å². The van der Waals surface area contributed by atoms with E-state index in [9.17, 15) is 9.59 Å². The van der Waals surface area contributed by atoms with Crippen LogP contribution < -0.4 is 10.2 Å². The molecule has 0 bridgehead atoms. The Labute approximate surface area is 167 Å². The molecule has 8 heteroatoms. The maximum Gasteiger partial charge on any atom is 0.291 e. The molecule has 29 heavy (non-hydrogen) atoms. The van der Waals surface area contributed by atoms with E-state index >= 15 is 0 Å². The Bertz CT molecular complexity index is 1080. The van der Waals surface area contributed by atoms with Crippen molar-refractivity contribution in [1.29, 1.82) is 0 Å². The van der Waals surface area contributed by atoms with E-state index in [0.717, 1.165) is 17.5 Å². The van der Waals surface area contributed by atoms with E-state index in [1.807, 2.05) is 42.5 Å². The smallest absolute Gasteiger partial charge is 0.291 e. The van der Waals surface area contributed by atoms with Crippen LogP contribution in [0.25, 0.3) is 0 Å².